The average Bonchev–Trinajstić information content (AvgIpc) is 2.60. The van der Waals surface area contributed by atoms with Gasteiger partial charge in [0.15, 0.2) is 5.96 Å². The zero-order chi connectivity index (χ0) is 21.7. The van der Waals surface area contributed by atoms with Crippen molar-refractivity contribution in [2.24, 2.45) is 27.9 Å². The fourth-order valence-electron chi connectivity index (χ4n) is 2.11. The van der Waals surface area contributed by atoms with Crippen LogP contribution in [-0.2, 0) is 19.2 Å². The highest BCUT2D eigenvalue weighted by Crippen LogP contribution is 2.04. The number of hydrogen-bond donors (Lipinski definition) is 7. The predicted octanol–water partition coefficient (Wildman–Crippen LogP) is -2.95. The normalized spacial score (nSPS) is 13.6. The SMILES string of the molecule is CSCCC(NC(=O)C(N)CCCN=C(N)N)C(=O)NC(CC(N)=O)C(=O)O. The molecule has 11 N–H and O–H groups in total. The first-order chi connectivity index (χ1) is 13.1. The summed E-state index contributed by atoms with van der Waals surface area (Å²) in [4.78, 5) is 50.6. The summed E-state index contributed by atoms with van der Waals surface area (Å²) in [7, 11) is 0. The molecule has 28 heavy (non-hydrogen) atoms. The molecule has 0 fully saturated rings. The van der Waals surface area contributed by atoms with Crippen LogP contribution in [0.3, 0.4) is 0 Å². The van der Waals surface area contributed by atoms with Gasteiger partial charge in [0.05, 0.1) is 12.5 Å². The second kappa shape index (κ2) is 13.6. The van der Waals surface area contributed by atoms with E-state index in [0.717, 1.165) is 0 Å². The highest BCUT2D eigenvalue weighted by Gasteiger charge is 2.28. The Morgan fingerprint density at radius 2 is 1.64 bits per heavy atom. The minimum absolute atomic E-state index is 0.0595. The number of amides is 3. The van der Waals surface area contributed by atoms with Crippen molar-refractivity contribution in [1.29, 1.82) is 0 Å². The Morgan fingerprint density at radius 3 is 2.14 bits per heavy atom. The van der Waals surface area contributed by atoms with Crippen LogP contribution in [0.25, 0.3) is 0 Å². The third-order valence-corrected chi connectivity index (χ3v) is 4.21. The zero-order valence-corrected chi connectivity index (χ0v) is 16.5. The lowest BCUT2D eigenvalue weighted by atomic mass is 10.1. The van der Waals surface area contributed by atoms with Gasteiger partial charge in [-0.1, -0.05) is 0 Å². The van der Waals surface area contributed by atoms with Gasteiger partial charge in [0, 0.05) is 6.54 Å². The Kier molecular flexibility index (Phi) is 12.4. The number of nitrogens with two attached hydrogens (primary N) is 4. The van der Waals surface area contributed by atoms with Crippen LogP contribution in [0.1, 0.15) is 25.7 Å². The highest BCUT2D eigenvalue weighted by atomic mass is 32.2. The number of carboxylic acid groups (broad SMARTS) is 1. The van der Waals surface area contributed by atoms with E-state index in [-0.39, 0.29) is 12.4 Å². The van der Waals surface area contributed by atoms with Crippen LogP contribution in [0.5, 0.6) is 0 Å². The second-order valence-electron chi connectivity index (χ2n) is 5.97. The van der Waals surface area contributed by atoms with Crippen molar-refractivity contribution in [2.45, 2.75) is 43.8 Å². The third kappa shape index (κ3) is 11.2. The molecule has 0 bridgehead atoms. The Hall–Kier alpha value is -2.54. The van der Waals surface area contributed by atoms with Gasteiger partial charge in [-0.05, 0) is 31.3 Å². The van der Waals surface area contributed by atoms with E-state index in [4.69, 9.17) is 28.0 Å². The van der Waals surface area contributed by atoms with Crippen molar-refractivity contribution in [3.63, 3.8) is 0 Å². The Morgan fingerprint density at radius 1 is 1.04 bits per heavy atom. The second-order valence-corrected chi connectivity index (χ2v) is 6.95. The van der Waals surface area contributed by atoms with Crippen LogP contribution in [-0.4, -0.2) is 71.4 Å². The van der Waals surface area contributed by atoms with Crippen molar-refractivity contribution < 1.29 is 24.3 Å². The first kappa shape index (κ1) is 25.5. The molecule has 0 aromatic heterocycles. The van der Waals surface area contributed by atoms with Gasteiger partial charge in [-0.2, -0.15) is 11.8 Å². The fourth-order valence-corrected chi connectivity index (χ4v) is 2.58. The first-order valence-electron chi connectivity index (χ1n) is 8.50. The fraction of sp³-hybridized carbons (Fsp3) is 0.667. The van der Waals surface area contributed by atoms with Gasteiger partial charge in [0.1, 0.15) is 12.1 Å². The molecule has 0 radical (unpaired) electrons. The minimum atomic E-state index is -1.48. The number of rotatable bonds is 14. The molecule has 3 atom stereocenters. The zero-order valence-electron chi connectivity index (χ0n) is 15.7. The molecule has 0 aliphatic rings. The van der Waals surface area contributed by atoms with Gasteiger partial charge in [-0.15, -0.1) is 0 Å². The van der Waals surface area contributed by atoms with Gasteiger partial charge < -0.3 is 38.7 Å². The first-order valence-corrected chi connectivity index (χ1v) is 9.89. The van der Waals surface area contributed by atoms with E-state index >= 15 is 0 Å². The molecular weight excluding hydrogens is 390 g/mol. The van der Waals surface area contributed by atoms with Crippen molar-refractivity contribution in [3.8, 4) is 0 Å². The standard InChI is InChI=1S/C15H29N7O5S/c1-28-6-4-9(13(25)22-10(14(26)27)7-11(17)23)21-12(24)8(16)3-2-5-20-15(18)19/h8-10H,2-7,16H2,1H3,(H2,17,23)(H,21,24)(H,22,25)(H,26,27)(H4,18,19,20). The van der Waals surface area contributed by atoms with E-state index in [0.29, 0.717) is 25.1 Å². The summed E-state index contributed by atoms with van der Waals surface area (Å²) in [5, 5.41) is 13.8. The van der Waals surface area contributed by atoms with Gasteiger partial charge in [-0.3, -0.25) is 19.4 Å². The summed E-state index contributed by atoms with van der Waals surface area (Å²) in [5.41, 5.74) is 21.2. The number of nitrogens with zero attached hydrogens (tertiary/aromatic N) is 1. The van der Waals surface area contributed by atoms with Gasteiger partial charge in [0.2, 0.25) is 17.7 Å². The highest BCUT2D eigenvalue weighted by molar-refractivity contribution is 7.98. The molecule has 0 saturated carbocycles. The molecule has 3 amide bonds. The van der Waals surface area contributed by atoms with Crippen LogP contribution in [0.4, 0.5) is 0 Å². The molecule has 12 nitrogen and oxygen atoms in total. The van der Waals surface area contributed by atoms with Crippen LogP contribution >= 0.6 is 11.8 Å². The number of thioether (sulfide) groups is 1. The molecule has 0 heterocycles. The third-order valence-electron chi connectivity index (χ3n) is 3.57. The maximum Gasteiger partial charge on any atom is 0.326 e. The summed E-state index contributed by atoms with van der Waals surface area (Å²) < 4.78 is 0. The van der Waals surface area contributed by atoms with E-state index in [1.54, 1.807) is 0 Å². The van der Waals surface area contributed by atoms with Crippen LogP contribution in [0, 0.1) is 0 Å². The quantitative estimate of drug-likeness (QED) is 0.0865. The van der Waals surface area contributed by atoms with Gasteiger partial charge >= 0.3 is 5.97 Å². The van der Waals surface area contributed by atoms with Crippen molar-refractivity contribution >= 4 is 41.4 Å². The van der Waals surface area contributed by atoms with E-state index in [1.165, 1.54) is 11.8 Å². The molecule has 13 heteroatoms. The number of nitrogens with one attached hydrogen (secondary N) is 2. The van der Waals surface area contributed by atoms with E-state index < -0.39 is 48.2 Å². The number of aliphatic carboxylic acids is 1. The molecule has 0 aromatic rings. The van der Waals surface area contributed by atoms with E-state index in [1.807, 2.05) is 6.26 Å². The molecule has 3 unspecified atom stereocenters. The Balaban J connectivity index is 4.87. The van der Waals surface area contributed by atoms with Gasteiger partial charge in [-0.25, -0.2) is 4.79 Å². The summed E-state index contributed by atoms with van der Waals surface area (Å²) in [6.07, 6.45) is 2.27. The summed E-state index contributed by atoms with van der Waals surface area (Å²) >= 11 is 1.45. The molecule has 0 saturated heterocycles. The molecule has 160 valence electrons. The lowest BCUT2D eigenvalue weighted by molar-refractivity contribution is -0.143. The molecule has 0 rings (SSSR count). The van der Waals surface area contributed by atoms with E-state index in [2.05, 4.69) is 15.6 Å². The number of primary amides is 1. The summed E-state index contributed by atoms with van der Waals surface area (Å²) in [6, 6.07) is -3.37. The average molecular weight is 420 g/mol. The Bertz CT molecular complexity index is 583. The number of guanidine groups is 1. The molecular formula is C15H29N7O5S. The smallest absolute Gasteiger partial charge is 0.326 e. The minimum Gasteiger partial charge on any atom is -0.480 e. The maximum absolute atomic E-state index is 12.4. The van der Waals surface area contributed by atoms with Crippen LogP contribution in [0.15, 0.2) is 4.99 Å². The largest absolute Gasteiger partial charge is 0.480 e. The number of carboxylic acids is 1. The molecule has 0 spiro atoms. The van der Waals surface area contributed by atoms with Crippen LogP contribution < -0.4 is 33.6 Å². The van der Waals surface area contributed by atoms with Crippen molar-refractivity contribution in [1.82, 2.24) is 10.6 Å². The summed E-state index contributed by atoms with van der Waals surface area (Å²) in [5.74, 6) is -3.10. The molecule has 0 aliphatic carbocycles. The monoisotopic (exact) mass is 419 g/mol. The van der Waals surface area contributed by atoms with E-state index in [9.17, 15) is 19.2 Å². The molecule has 0 aromatic carbocycles. The Labute approximate surface area is 167 Å². The topological polar surface area (TPSA) is 229 Å². The number of carbonyl (C=O) groups excluding carboxylic acids is 3. The van der Waals surface area contributed by atoms with Crippen LogP contribution in [0.2, 0.25) is 0 Å². The van der Waals surface area contributed by atoms with Crippen molar-refractivity contribution in [3.05, 3.63) is 0 Å². The number of hydrogen-bond acceptors (Lipinski definition) is 7. The van der Waals surface area contributed by atoms with Crippen molar-refractivity contribution in [2.75, 3.05) is 18.6 Å². The lowest BCUT2D eigenvalue weighted by Gasteiger charge is -2.22. The number of aliphatic imine (C=N–C) groups is 1. The maximum atomic E-state index is 12.4. The van der Waals surface area contributed by atoms with Gasteiger partial charge in [0.25, 0.3) is 0 Å². The summed E-state index contributed by atoms with van der Waals surface area (Å²) in [6.45, 7) is 0.313. The lowest BCUT2D eigenvalue weighted by Crippen LogP contribution is -2.55. The molecule has 0 aliphatic heterocycles. The number of carbonyl (C=O) groups is 4. The predicted molar refractivity (Wildman–Crippen MR) is 106 cm³/mol.